The molecule has 0 fully saturated rings. The van der Waals surface area contributed by atoms with Gasteiger partial charge in [0.2, 0.25) is 0 Å². The van der Waals surface area contributed by atoms with E-state index in [-0.39, 0.29) is 18.5 Å². The van der Waals surface area contributed by atoms with Crippen LogP contribution in [0.3, 0.4) is 0 Å². The number of nitrogens with two attached hydrogens (primary N) is 1. The summed E-state index contributed by atoms with van der Waals surface area (Å²) in [6.07, 6.45) is 1.65. The molecule has 1 aliphatic rings. The van der Waals surface area contributed by atoms with Crippen LogP contribution in [0.4, 0.5) is 5.82 Å². The van der Waals surface area contributed by atoms with Crippen LogP contribution < -0.4 is 21.9 Å². The SMILES string of the molecule is NC(=NCCNc1ccc(CN2CCN=C2N[N+](=O)[O-])cn1)N[N+](=O)[O-]. The zero-order chi connectivity index (χ0) is 18.9. The van der Waals surface area contributed by atoms with Crippen LogP contribution >= 0.6 is 0 Å². The van der Waals surface area contributed by atoms with Crippen LogP contribution in [-0.4, -0.2) is 58.0 Å². The first-order valence-electron chi connectivity index (χ1n) is 7.54. The van der Waals surface area contributed by atoms with Gasteiger partial charge in [0.15, 0.2) is 10.1 Å². The average molecular weight is 366 g/mol. The highest BCUT2D eigenvalue weighted by atomic mass is 16.7. The van der Waals surface area contributed by atoms with Crippen molar-refractivity contribution in [3.8, 4) is 0 Å². The molecule has 26 heavy (non-hydrogen) atoms. The van der Waals surface area contributed by atoms with Gasteiger partial charge in [0, 0.05) is 25.8 Å². The van der Waals surface area contributed by atoms with Crippen molar-refractivity contribution in [3.63, 3.8) is 0 Å². The van der Waals surface area contributed by atoms with Gasteiger partial charge in [-0.25, -0.2) is 35.2 Å². The van der Waals surface area contributed by atoms with Crippen molar-refractivity contribution in [3.05, 3.63) is 44.1 Å². The highest BCUT2D eigenvalue weighted by Crippen LogP contribution is 2.10. The molecule has 0 aromatic carbocycles. The number of pyridine rings is 1. The first kappa shape index (κ1) is 18.6. The predicted molar refractivity (Wildman–Crippen MR) is 92.2 cm³/mol. The van der Waals surface area contributed by atoms with E-state index in [0.29, 0.717) is 32.0 Å². The van der Waals surface area contributed by atoms with Gasteiger partial charge in [-0.2, -0.15) is 0 Å². The maximum atomic E-state index is 10.5. The highest BCUT2D eigenvalue weighted by Gasteiger charge is 2.20. The van der Waals surface area contributed by atoms with E-state index in [1.165, 1.54) is 0 Å². The molecule has 2 heterocycles. The van der Waals surface area contributed by atoms with Gasteiger partial charge in [-0.3, -0.25) is 0 Å². The molecule has 1 aromatic rings. The summed E-state index contributed by atoms with van der Waals surface area (Å²) < 4.78 is 0. The van der Waals surface area contributed by atoms with Crippen LogP contribution in [0.15, 0.2) is 28.3 Å². The van der Waals surface area contributed by atoms with Crippen molar-refractivity contribution in [2.45, 2.75) is 6.54 Å². The quantitative estimate of drug-likeness (QED) is 0.139. The van der Waals surface area contributed by atoms with Crippen LogP contribution in [0.5, 0.6) is 0 Å². The van der Waals surface area contributed by atoms with Crippen molar-refractivity contribution < 1.29 is 10.1 Å². The number of anilines is 1. The molecule has 14 heteroatoms. The molecule has 0 atom stereocenters. The first-order valence-corrected chi connectivity index (χ1v) is 7.54. The van der Waals surface area contributed by atoms with Crippen LogP contribution in [0, 0.1) is 20.2 Å². The Morgan fingerprint density at radius 2 is 2.15 bits per heavy atom. The maximum absolute atomic E-state index is 10.5. The standard InChI is InChI=1S/C12H18N10O4/c13-11(18-21(23)24)15-4-3-14-10-2-1-9(7-17-10)8-20-6-5-16-12(20)19-22(25)26/h1-2,7H,3-6,8H2,(H,14,17)(H,16,19)(H3,13,15,18). The molecule has 0 amide bonds. The number of hydrogen-bond donors (Lipinski definition) is 4. The van der Waals surface area contributed by atoms with E-state index in [9.17, 15) is 20.2 Å². The summed E-state index contributed by atoms with van der Waals surface area (Å²) in [5.74, 6) is 0.561. The summed E-state index contributed by atoms with van der Waals surface area (Å²) >= 11 is 0. The predicted octanol–water partition coefficient (Wildman–Crippen LogP) is -1.46. The number of nitrogens with one attached hydrogen (secondary N) is 3. The van der Waals surface area contributed by atoms with Crippen LogP contribution in [0.2, 0.25) is 0 Å². The first-order chi connectivity index (χ1) is 12.4. The minimum Gasteiger partial charge on any atom is -0.368 e. The topological polar surface area (TPSA) is 189 Å². The van der Waals surface area contributed by atoms with E-state index in [4.69, 9.17) is 5.73 Å². The number of hydrogen-bond acceptors (Lipinski definition) is 9. The van der Waals surface area contributed by atoms with Gasteiger partial charge in [-0.15, -0.1) is 0 Å². The normalized spacial score (nSPS) is 13.9. The largest absolute Gasteiger partial charge is 0.368 e. The number of aromatic nitrogens is 1. The molecule has 0 saturated heterocycles. The minimum absolute atomic E-state index is 0.232. The Labute approximate surface area is 147 Å². The molecular weight excluding hydrogens is 348 g/mol. The Bertz CT molecular complexity index is 704. The zero-order valence-electron chi connectivity index (χ0n) is 13.7. The molecule has 14 nitrogen and oxygen atoms in total. The summed E-state index contributed by atoms with van der Waals surface area (Å²) in [6, 6.07) is 3.59. The van der Waals surface area contributed by atoms with E-state index in [0.717, 1.165) is 5.56 Å². The van der Waals surface area contributed by atoms with Gasteiger partial charge in [0.25, 0.3) is 11.9 Å². The molecule has 0 unspecified atom stereocenters. The van der Waals surface area contributed by atoms with Crippen molar-refractivity contribution in [2.24, 2.45) is 15.7 Å². The third kappa shape index (κ3) is 6.06. The van der Waals surface area contributed by atoms with Gasteiger partial charge in [0.1, 0.15) is 5.82 Å². The zero-order valence-corrected chi connectivity index (χ0v) is 13.7. The smallest absolute Gasteiger partial charge is 0.257 e. The Morgan fingerprint density at radius 3 is 2.81 bits per heavy atom. The summed E-state index contributed by atoms with van der Waals surface area (Å²) in [5, 5.41) is 22.3. The fourth-order valence-electron chi connectivity index (χ4n) is 2.16. The van der Waals surface area contributed by atoms with Gasteiger partial charge in [-0.05, 0) is 11.6 Å². The van der Waals surface area contributed by atoms with Crippen LogP contribution in [0.1, 0.15) is 5.56 Å². The molecular formula is C12H18N10O4. The Morgan fingerprint density at radius 1 is 1.35 bits per heavy atom. The summed E-state index contributed by atoms with van der Waals surface area (Å²) in [5.41, 5.74) is 9.97. The molecule has 0 spiro atoms. The van der Waals surface area contributed by atoms with Gasteiger partial charge in [0.05, 0.1) is 13.1 Å². The molecule has 1 aliphatic heterocycles. The van der Waals surface area contributed by atoms with Gasteiger partial charge >= 0.3 is 0 Å². The third-order valence-corrected chi connectivity index (χ3v) is 3.23. The monoisotopic (exact) mass is 366 g/mol. The van der Waals surface area contributed by atoms with E-state index < -0.39 is 10.1 Å². The lowest BCUT2D eigenvalue weighted by Crippen LogP contribution is -2.40. The van der Waals surface area contributed by atoms with Gasteiger partial charge < -0.3 is 16.0 Å². The molecule has 0 aliphatic carbocycles. The molecule has 0 bridgehead atoms. The van der Waals surface area contributed by atoms with Crippen LogP contribution in [0.25, 0.3) is 0 Å². The summed E-state index contributed by atoms with van der Waals surface area (Å²) in [4.78, 5) is 34.5. The average Bonchev–Trinajstić information content (AvgIpc) is 2.98. The number of hydrazine groups is 2. The number of nitrogens with zero attached hydrogens (tertiary/aromatic N) is 6. The number of nitro groups is 2. The Hall–Kier alpha value is -3.71. The molecule has 140 valence electrons. The van der Waals surface area contributed by atoms with Crippen molar-refractivity contribution in [1.29, 1.82) is 0 Å². The fraction of sp³-hybridized carbons (Fsp3) is 0.417. The molecule has 5 N–H and O–H groups in total. The van der Waals surface area contributed by atoms with E-state index in [1.807, 2.05) is 6.07 Å². The number of rotatable bonds is 8. The minimum atomic E-state index is -0.787. The molecule has 0 saturated carbocycles. The van der Waals surface area contributed by atoms with E-state index in [2.05, 4.69) is 25.7 Å². The number of aliphatic imine (C=N–C) groups is 2. The number of guanidine groups is 2. The second kappa shape index (κ2) is 8.95. The van der Waals surface area contributed by atoms with Crippen molar-refractivity contribution in [2.75, 3.05) is 31.5 Å². The Balaban J connectivity index is 1.78. The lowest BCUT2D eigenvalue weighted by molar-refractivity contribution is -0.526. The molecule has 0 radical (unpaired) electrons. The summed E-state index contributed by atoms with van der Waals surface area (Å²) in [7, 11) is 0. The third-order valence-electron chi connectivity index (χ3n) is 3.23. The van der Waals surface area contributed by atoms with Gasteiger partial charge in [-0.1, -0.05) is 16.9 Å². The highest BCUT2D eigenvalue weighted by molar-refractivity contribution is 5.80. The van der Waals surface area contributed by atoms with Crippen molar-refractivity contribution in [1.82, 2.24) is 20.7 Å². The summed E-state index contributed by atoms with van der Waals surface area (Å²) in [6.45, 7) is 2.16. The lowest BCUT2D eigenvalue weighted by Gasteiger charge is -2.17. The maximum Gasteiger partial charge on any atom is 0.257 e. The molecule has 1 aromatic heterocycles. The van der Waals surface area contributed by atoms with Crippen molar-refractivity contribution >= 4 is 17.7 Å². The van der Waals surface area contributed by atoms with Crippen LogP contribution in [-0.2, 0) is 6.54 Å². The van der Waals surface area contributed by atoms with E-state index >= 15 is 0 Å². The second-order valence-electron chi connectivity index (χ2n) is 5.11. The second-order valence-corrected chi connectivity index (χ2v) is 5.11. The fourth-order valence-corrected chi connectivity index (χ4v) is 2.16. The van der Waals surface area contributed by atoms with E-state index in [1.54, 1.807) is 22.6 Å². The lowest BCUT2D eigenvalue weighted by atomic mass is 10.2. The Kier molecular flexibility index (Phi) is 6.41. The molecule has 2 rings (SSSR count).